The molecule has 0 spiro atoms. The van der Waals surface area contributed by atoms with Gasteiger partial charge in [0.25, 0.3) is 6.71 Å². The third-order valence-corrected chi connectivity index (χ3v) is 26.4. The van der Waals surface area contributed by atoms with Crippen LogP contribution < -0.4 is 31.1 Å². The summed E-state index contributed by atoms with van der Waals surface area (Å²) in [5.74, 6) is 0. The van der Waals surface area contributed by atoms with E-state index in [1.165, 1.54) is 164 Å². The monoisotopic (exact) mass is 1250 g/mol. The molecule has 0 saturated heterocycles. The first kappa shape index (κ1) is 62.3. The summed E-state index contributed by atoms with van der Waals surface area (Å²) in [4.78, 5) is 8.56. The topological polar surface area (TPSA) is 9.72 Å². The van der Waals surface area contributed by atoms with Crippen LogP contribution in [-0.2, 0) is 48.7 Å². The molecule has 0 bridgehead atoms. The van der Waals surface area contributed by atoms with Crippen molar-refractivity contribution < 1.29 is 0 Å². The Bertz CT molecular complexity index is 4760. The predicted octanol–water partition coefficient (Wildman–Crippen LogP) is 22.4. The summed E-state index contributed by atoms with van der Waals surface area (Å²) in [5.41, 5.74) is 35.3. The molecule has 0 amide bonds. The van der Waals surface area contributed by atoms with Gasteiger partial charge in [-0.3, -0.25) is 0 Å². The Morgan fingerprint density at radius 1 is 0.347 bits per heavy atom. The van der Waals surface area contributed by atoms with Crippen LogP contribution in [0.1, 0.15) is 255 Å². The molecule has 9 aromatic carbocycles. The van der Waals surface area contributed by atoms with Crippen LogP contribution in [0.3, 0.4) is 0 Å². The van der Waals surface area contributed by atoms with Crippen molar-refractivity contribution in [2.24, 2.45) is 0 Å². The first-order chi connectivity index (χ1) is 44.5. The summed E-state index contributed by atoms with van der Waals surface area (Å²) < 4.78 is 0. The van der Waals surface area contributed by atoms with Crippen molar-refractivity contribution in [3.63, 3.8) is 0 Å². The van der Waals surface area contributed by atoms with E-state index in [1.54, 1.807) is 0 Å². The summed E-state index contributed by atoms with van der Waals surface area (Å²) in [5, 5.41) is 0. The van der Waals surface area contributed by atoms with Gasteiger partial charge in [0.05, 0.1) is 11.2 Å². The number of anilines is 8. The first-order valence-electron chi connectivity index (χ1n) is 36.2. The summed E-state index contributed by atoms with van der Waals surface area (Å²) in [6.45, 7) is 52.0. The van der Waals surface area contributed by atoms with Gasteiger partial charge in [0.1, 0.15) is 0 Å². The van der Waals surface area contributed by atoms with E-state index in [9.17, 15) is 0 Å². The van der Waals surface area contributed by atoms with Gasteiger partial charge in [0.15, 0.2) is 0 Å². The third-order valence-electron chi connectivity index (χ3n) is 26.4. The molecule has 1 fully saturated rings. The fraction of sp³-hybridized carbons (Fsp3) is 0.407. The molecule has 0 aromatic heterocycles. The molecule has 3 heterocycles. The molecule has 2 atom stereocenters. The molecule has 95 heavy (non-hydrogen) atoms. The lowest BCUT2D eigenvalue weighted by Crippen LogP contribution is -2.62. The highest BCUT2D eigenvalue weighted by atomic mass is 15.3. The maximum atomic E-state index is 2.90. The molecule has 0 N–H and O–H groups in total. The van der Waals surface area contributed by atoms with E-state index in [0.717, 1.165) is 25.7 Å². The molecule has 0 radical (unpaired) electrons. The van der Waals surface area contributed by atoms with Gasteiger partial charge >= 0.3 is 0 Å². The van der Waals surface area contributed by atoms with Crippen molar-refractivity contribution in [1.29, 1.82) is 0 Å². The Kier molecular flexibility index (Phi) is 13.0. The number of hydrogen-bond donors (Lipinski definition) is 0. The lowest BCUT2D eigenvalue weighted by atomic mass is 9.32. The standard InChI is InChI=1S/C91H102BN3/c1-55-45-67-69(88(16,17)63-35-27-25-33-61(63)86(67,12)13)53-76(55)94-77-52-66-65(84(8,9)43-44-85(66,10)11)50-72(77)92-73-51-68-70(89(18,19)64-36-28-26-34-62(64)87(68,14)15)54-78(73)93(74-39-37-57(82(2,3)4)46-60(74)56-31-23-22-24-32-56)79-48-59(49-80(94)81(79)92)95-75-40-38-58(83(5,6)7)47-71(75)90(20)41-29-30-42-91(90,95)21/h22-28,31-40,45-54H,29-30,41-44H2,1-21H3. The first-order valence-corrected chi connectivity index (χ1v) is 36.2. The zero-order valence-electron chi connectivity index (χ0n) is 61.3. The second kappa shape index (κ2) is 19.8. The van der Waals surface area contributed by atoms with E-state index in [0.29, 0.717) is 0 Å². The van der Waals surface area contributed by atoms with Gasteiger partial charge in [0, 0.05) is 72.5 Å². The highest BCUT2D eigenvalue weighted by Gasteiger charge is 2.59. The molecular formula is C91H102BN3. The average molecular weight is 1250 g/mol. The van der Waals surface area contributed by atoms with Crippen LogP contribution in [0.25, 0.3) is 11.1 Å². The minimum atomic E-state index is -0.290. The number of nitrogens with zero attached hydrogens (tertiary/aromatic N) is 3. The fourth-order valence-electron chi connectivity index (χ4n) is 20.1. The number of fused-ring (bicyclic) bond motifs is 12. The molecule has 7 aliphatic rings. The van der Waals surface area contributed by atoms with Crippen LogP contribution in [0.15, 0.2) is 164 Å². The molecule has 9 aromatic rings. The molecule has 16 rings (SSSR count). The Balaban J connectivity index is 1.10. The summed E-state index contributed by atoms with van der Waals surface area (Å²) in [7, 11) is 0. The van der Waals surface area contributed by atoms with Crippen molar-refractivity contribution in [3.05, 3.63) is 242 Å². The quantitative estimate of drug-likeness (QED) is 0.163. The van der Waals surface area contributed by atoms with Crippen molar-refractivity contribution in [1.82, 2.24) is 0 Å². The SMILES string of the molecule is Cc1cc2c(cc1N1c3cc4c(cc3B3c5cc6c(cc5N(c5ccc(C(C)(C)C)cc5-c5ccccc5)c5cc(N7c8ccc(C(C)(C)C)cc8C8(C)CCCCC78C)cc1c53)C(C)(C)c1ccccc1C6(C)C)C(C)(C)CCC4(C)C)C(C)(C)c1ccccc1C2(C)C. The highest BCUT2D eigenvalue weighted by molar-refractivity contribution is 7.00. The van der Waals surface area contributed by atoms with Crippen LogP contribution in [0.2, 0.25) is 0 Å². The highest BCUT2D eigenvalue weighted by Crippen LogP contribution is 2.64. The Morgan fingerprint density at radius 2 is 0.768 bits per heavy atom. The number of rotatable bonds is 4. The van der Waals surface area contributed by atoms with Crippen LogP contribution in [0, 0.1) is 6.92 Å². The molecule has 484 valence electrons. The lowest BCUT2D eigenvalue weighted by molar-refractivity contribution is 0.195. The third kappa shape index (κ3) is 8.49. The van der Waals surface area contributed by atoms with Crippen LogP contribution in [-0.4, -0.2) is 12.3 Å². The van der Waals surface area contributed by atoms with Crippen molar-refractivity contribution in [3.8, 4) is 11.1 Å². The second-order valence-corrected chi connectivity index (χ2v) is 36.4. The van der Waals surface area contributed by atoms with Gasteiger partial charge in [-0.1, -0.05) is 260 Å². The molecule has 3 aliphatic heterocycles. The predicted molar refractivity (Wildman–Crippen MR) is 408 cm³/mol. The van der Waals surface area contributed by atoms with E-state index >= 15 is 0 Å². The minimum absolute atomic E-state index is 0.00226. The second-order valence-electron chi connectivity index (χ2n) is 36.4. The zero-order chi connectivity index (χ0) is 67.2. The Morgan fingerprint density at radius 3 is 1.29 bits per heavy atom. The van der Waals surface area contributed by atoms with E-state index in [4.69, 9.17) is 0 Å². The Labute approximate surface area is 570 Å². The number of benzene rings is 9. The summed E-state index contributed by atoms with van der Waals surface area (Å²) in [6.07, 6.45) is 6.96. The number of aryl methyl sites for hydroxylation is 1. The van der Waals surface area contributed by atoms with E-state index in [1.807, 2.05) is 0 Å². The summed E-state index contributed by atoms with van der Waals surface area (Å²) >= 11 is 0. The maximum Gasteiger partial charge on any atom is 0.252 e. The van der Waals surface area contributed by atoms with Gasteiger partial charge in [-0.15, -0.1) is 0 Å². The molecule has 2 unspecified atom stereocenters. The van der Waals surface area contributed by atoms with Crippen molar-refractivity contribution >= 4 is 68.6 Å². The molecule has 1 saturated carbocycles. The Hall–Kier alpha value is -7.56. The van der Waals surface area contributed by atoms with E-state index in [-0.39, 0.29) is 61.0 Å². The van der Waals surface area contributed by atoms with Crippen molar-refractivity contribution in [2.45, 2.75) is 238 Å². The van der Waals surface area contributed by atoms with Gasteiger partial charge in [-0.05, 0) is 210 Å². The van der Waals surface area contributed by atoms with Crippen LogP contribution in [0.4, 0.5) is 45.5 Å². The van der Waals surface area contributed by atoms with Crippen LogP contribution in [0.5, 0.6) is 0 Å². The van der Waals surface area contributed by atoms with Crippen LogP contribution >= 0.6 is 0 Å². The largest absolute Gasteiger partial charge is 0.334 e. The fourth-order valence-corrected chi connectivity index (χ4v) is 20.1. The zero-order valence-corrected chi connectivity index (χ0v) is 61.3. The lowest BCUT2D eigenvalue weighted by Gasteiger charge is -2.52. The molecule has 4 heteroatoms. The summed E-state index contributed by atoms with van der Waals surface area (Å²) in [6, 6.07) is 67.0. The number of hydrogen-bond acceptors (Lipinski definition) is 3. The normalized spacial score (nSPS) is 22.2. The minimum Gasteiger partial charge on any atom is -0.334 e. The van der Waals surface area contributed by atoms with Gasteiger partial charge in [0.2, 0.25) is 0 Å². The molecular weight excluding hydrogens is 1150 g/mol. The van der Waals surface area contributed by atoms with Gasteiger partial charge in [-0.25, -0.2) is 0 Å². The van der Waals surface area contributed by atoms with Crippen molar-refractivity contribution in [2.75, 3.05) is 14.7 Å². The van der Waals surface area contributed by atoms with E-state index in [2.05, 4.69) is 324 Å². The maximum absolute atomic E-state index is 2.90. The average Bonchev–Trinajstić information content (AvgIpc) is 1.55. The van der Waals surface area contributed by atoms with E-state index < -0.39 is 0 Å². The van der Waals surface area contributed by atoms with Gasteiger partial charge in [-0.2, -0.15) is 0 Å². The molecule has 4 aliphatic carbocycles. The van der Waals surface area contributed by atoms with Gasteiger partial charge < -0.3 is 14.7 Å². The molecule has 3 nitrogen and oxygen atoms in total. The smallest absolute Gasteiger partial charge is 0.252 e.